The molecule has 1 aromatic heterocycles. The average molecular weight is 561 g/mol. The van der Waals surface area contributed by atoms with Crippen LogP contribution in [0.1, 0.15) is 34.6 Å². The highest BCUT2D eigenvalue weighted by Crippen LogP contribution is 2.25. The number of hydrogen-bond donors (Lipinski definition) is 2. The predicted octanol–water partition coefficient (Wildman–Crippen LogP) is 4.76. The standard InChI is InChI=1S/C29H28N4O6S/c1-3-38-27(36)19-9-13-21(14-10-19)30-25(34)17-33-24-8-6-5-7-23(24)32-29(33)40-18-26(35)31-22-15-11-20(12-16-22)28(37)39-4-2/h5-16H,3-4,17-18H2,1-2H3,(H,30,34)(H,31,35). The number of amides is 2. The molecule has 40 heavy (non-hydrogen) atoms. The summed E-state index contributed by atoms with van der Waals surface area (Å²) in [4.78, 5) is 53.8. The molecular weight excluding hydrogens is 532 g/mol. The number of nitrogens with one attached hydrogen (secondary N) is 2. The van der Waals surface area contributed by atoms with Crippen LogP contribution in [-0.2, 0) is 25.6 Å². The third-order valence-electron chi connectivity index (χ3n) is 5.61. The zero-order chi connectivity index (χ0) is 28.5. The second-order valence-corrected chi connectivity index (χ2v) is 9.39. The van der Waals surface area contributed by atoms with Gasteiger partial charge in [-0.05, 0) is 74.5 Å². The van der Waals surface area contributed by atoms with E-state index in [4.69, 9.17) is 9.47 Å². The molecule has 0 saturated carbocycles. The number of ether oxygens (including phenoxy) is 2. The van der Waals surface area contributed by atoms with E-state index in [1.807, 2.05) is 24.3 Å². The number of para-hydroxylation sites is 2. The van der Waals surface area contributed by atoms with E-state index in [9.17, 15) is 19.2 Å². The minimum absolute atomic E-state index is 0.0284. The molecule has 0 aliphatic carbocycles. The first-order chi connectivity index (χ1) is 19.4. The first kappa shape index (κ1) is 28.4. The highest BCUT2D eigenvalue weighted by Gasteiger charge is 2.16. The number of carbonyl (C=O) groups is 4. The van der Waals surface area contributed by atoms with Crippen LogP contribution in [0, 0.1) is 0 Å². The Morgan fingerprint density at radius 1 is 0.750 bits per heavy atom. The zero-order valence-corrected chi connectivity index (χ0v) is 22.8. The molecule has 0 aliphatic rings. The number of rotatable bonds is 11. The third-order valence-corrected chi connectivity index (χ3v) is 6.59. The van der Waals surface area contributed by atoms with Crippen LogP contribution in [0.5, 0.6) is 0 Å². The number of benzene rings is 3. The summed E-state index contributed by atoms with van der Waals surface area (Å²) < 4.78 is 11.7. The number of thioether (sulfide) groups is 1. The monoisotopic (exact) mass is 560 g/mol. The van der Waals surface area contributed by atoms with Crippen molar-refractivity contribution in [1.29, 1.82) is 0 Å². The van der Waals surface area contributed by atoms with Gasteiger partial charge >= 0.3 is 11.9 Å². The fraction of sp³-hybridized carbons (Fsp3) is 0.207. The van der Waals surface area contributed by atoms with Gasteiger partial charge in [0.1, 0.15) is 6.54 Å². The van der Waals surface area contributed by atoms with Crippen molar-refractivity contribution in [3.63, 3.8) is 0 Å². The molecule has 206 valence electrons. The van der Waals surface area contributed by atoms with Gasteiger partial charge in [0.15, 0.2) is 5.16 Å². The second-order valence-electron chi connectivity index (χ2n) is 8.45. The van der Waals surface area contributed by atoms with Gasteiger partial charge < -0.3 is 24.7 Å². The Kier molecular flexibility index (Phi) is 9.53. The van der Waals surface area contributed by atoms with Gasteiger partial charge in [-0.3, -0.25) is 9.59 Å². The van der Waals surface area contributed by atoms with Gasteiger partial charge in [0, 0.05) is 11.4 Å². The zero-order valence-electron chi connectivity index (χ0n) is 22.0. The molecule has 0 aliphatic heterocycles. The summed E-state index contributed by atoms with van der Waals surface area (Å²) in [6.45, 7) is 4.00. The molecule has 0 unspecified atom stereocenters. The number of imidazole rings is 1. The van der Waals surface area contributed by atoms with Gasteiger partial charge in [-0.1, -0.05) is 23.9 Å². The van der Waals surface area contributed by atoms with Crippen molar-refractivity contribution < 1.29 is 28.7 Å². The maximum atomic E-state index is 12.9. The van der Waals surface area contributed by atoms with E-state index in [0.29, 0.717) is 33.2 Å². The number of nitrogens with zero attached hydrogens (tertiary/aromatic N) is 2. The Labute approximate surface area is 235 Å². The van der Waals surface area contributed by atoms with Crippen molar-refractivity contribution in [3.05, 3.63) is 83.9 Å². The quantitative estimate of drug-likeness (QED) is 0.199. The fourth-order valence-corrected chi connectivity index (χ4v) is 4.61. The van der Waals surface area contributed by atoms with Crippen molar-refractivity contribution in [2.75, 3.05) is 29.6 Å². The summed E-state index contributed by atoms with van der Waals surface area (Å²) in [5.41, 5.74) is 3.33. The Bertz CT molecular complexity index is 1520. The Balaban J connectivity index is 1.40. The van der Waals surface area contributed by atoms with Crippen LogP contribution < -0.4 is 10.6 Å². The van der Waals surface area contributed by atoms with Crippen molar-refractivity contribution in [2.45, 2.75) is 25.5 Å². The van der Waals surface area contributed by atoms with Gasteiger partial charge in [0.25, 0.3) is 0 Å². The van der Waals surface area contributed by atoms with E-state index < -0.39 is 11.9 Å². The lowest BCUT2D eigenvalue weighted by molar-refractivity contribution is -0.117. The number of carbonyl (C=O) groups excluding carboxylic acids is 4. The van der Waals surface area contributed by atoms with Crippen LogP contribution in [0.2, 0.25) is 0 Å². The van der Waals surface area contributed by atoms with E-state index in [1.54, 1.807) is 66.9 Å². The van der Waals surface area contributed by atoms with Crippen LogP contribution in [0.25, 0.3) is 11.0 Å². The highest BCUT2D eigenvalue weighted by atomic mass is 32.2. The van der Waals surface area contributed by atoms with E-state index >= 15 is 0 Å². The van der Waals surface area contributed by atoms with Crippen LogP contribution in [-0.4, -0.2) is 52.3 Å². The molecule has 0 fully saturated rings. The normalized spacial score (nSPS) is 10.7. The fourth-order valence-electron chi connectivity index (χ4n) is 3.80. The van der Waals surface area contributed by atoms with Crippen LogP contribution >= 0.6 is 11.8 Å². The SMILES string of the molecule is CCOC(=O)c1ccc(NC(=O)CSc2nc3ccccc3n2CC(=O)Nc2ccc(C(=O)OCC)cc2)cc1. The Hall–Kier alpha value is -4.64. The van der Waals surface area contributed by atoms with Crippen LogP contribution in [0.3, 0.4) is 0 Å². The Morgan fingerprint density at radius 2 is 1.27 bits per heavy atom. The first-order valence-electron chi connectivity index (χ1n) is 12.6. The molecule has 0 bridgehead atoms. The summed E-state index contributed by atoms with van der Waals surface area (Å²) >= 11 is 1.21. The van der Waals surface area contributed by atoms with Gasteiger partial charge in [-0.15, -0.1) is 0 Å². The topological polar surface area (TPSA) is 129 Å². The summed E-state index contributed by atoms with van der Waals surface area (Å²) in [6, 6.07) is 20.3. The minimum Gasteiger partial charge on any atom is -0.462 e. The summed E-state index contributed by atoms with van der Waals surface area (Å²) in [5, 5.41) is 6.14. The van der Waals surface area contributed by atoms with E-state index in [1.165, 1.54) is 11.8 Å². The molecule has 2 amide bonds. The van der Waals surface area contributed by atoms with Gasteiger partial charge in [0.05, 0.1) is 41.1 Å². The number of anilines is 2. The lowest BCUT2D eigenvalue weighted by Crippen LogP contribution is -2.20. The molecule has 0 atom stereocenters. The molecule has 10 nitrogen and oxygen atoms in total. The molecule has 0 radical (unpaired) electrons. The molecule has 3 aromatic carbocycles. The first-order valence-corrected chi connectivity index (χ1v) is 13.6. The Morgan fingerprint density at radius 3 is 1.82 bits per heavy atom. The number of fused-ring (bicyclic) bond motifs is 1. The van der Waals surface area contributed by atoms with Crippen molar-refractivity contribution in [1.82, 2.24) is 9.55 Å². The number of esters is 2. The van der Waals surface area contributed by atoms with Gasteiger partial charge in [-0.25, -0.2) is 14.6 Å². The van der Waals surface area contributed by atoms with Crippen molar-refractivity contribution in [3.8, 4) is 0 Å². The van der Waals surface area contributed by atoms with Gasteiger partial charge in [0.2, 0.25) is 11.8 Å². The van der Waals surface area contributed by atoms with E-state index in [-0.39, 0.29) is 37.3 Å². The number of aromatic nitrogens is 2. The van der Waals surface area contributed by atoms with Gasteiger partial charge in [-0.2, -0.15) is 0 Å². The molecule has 1 heterocycles. The van der Waals surface area contributed by atoms with Crippen molar-refractivity contribution in [2.24, 2.45) is 0 Å². The smallest absolute Gasteiger partial charge is 0.338 e. The maximum Gasteiger partial charge on any atom is 0.338 e. The molecule has 4 rings (SSSR count). The summed E-state index contributed by atoms with van der Waals surface area (Å²) in [7, 11) is 0. The average Bonchev–Trinajstić information content (AvgIpc) is 3.30. The molecular formula is C29H28N4O6S. The van der Waals surface area contributed by atoms with E-state index in [2.05, 4.69) is 15.6 Å². The minimum atomic E-state index is -0.426. The molecule has 4 aromatic rings. The third kappa shape index (κ3) is 7.26. The number of hydrogen-bond acceptors (Lipinski definition) is 8. The lowest BCUT2D eigenvalue weighted by Gasteiger charge is -2.11. The van der Waals surface area contributed by atoms with E-state index in [0.717, 1.165) is 5.52 Å². The largest absolute Gasteiger partial charge is 0.462 e. The summed E-state index contributed by atoms with van der Waals surface area (Å²) in [5.74, 6) is -1.35. The van der Waals surface area contributed by atoms with Crippen LogP contribution in [0.15, 0.2) is 78.0 Å². The highest BCUT2D eigenvalue weighted by molar-refractivity contribution is 7.99. The second kappa shape index (κ2) is 13.4. The lowest BCUT2D eigenvalue weighted by atomic mass is 10.2. The molecule has 11 heteroatoms. The molecule has 0 saturated heterocycles. The van der Waals surface area contributed by atoms with Crippen molar-refractivity contribution >= 4 is 57.9 Å². The van der Waals surface area contributed by atoms with Crippen LogP contribution in [0.4, 0.5) is 11.4 Å². The molecule has 0 spiro atoms. The molecule has 2 N–H and O–H groups in total. The maximum absolute atomic E-state index is 12.9. The predicted molar refractivity (Wildman–Crippen MR) is 153 cm³/mol. The summed E-state index contributed by atoms with van der Waals surface area (Å²) in [6.07, 6.45) is 0.